The molecule has 2 rings (SSSR count). The molecule has 2 aliphatic rings. The van der Waals surface area contributed by atoms with Gasteiger partial charge in [0.15, 0.2) is 0 Å². The third-order valence-corrected chi connectivity index (χ3v) is 3.40. The lowest BCUT2D eigenvalue weighted by Crippen LogP contribution is -2.14. The molecule has 10 nitrogen and oxygen atoms in total. The van der Waals surface area contributed by atoms with Crippen molar-refractivity contribution in [2.45, 2.75) is 76.4 Å². The van der Waals surface area contributed by atoms with Gasteiger partial charge in [-0.2, -0.15) is 0 Å². The van der Waals surface area contributed by atoms with E-state index in [1.165, 1.54) is 38.5 Å². The average Bonchev–Trinajstić information content (AvgIpc) is 2.56. The highest BCUT2D eigenvalue weighted by atomic mass is 17.1. The molecule has 0 aromatic carbocycles. The minimum atomic E-state index is -1.83. The maximum atomic E-state index is 8.56. The topological polar surface area (TPSA) is 174 Å². The molecule has 0 amide bonds. The Morgan fingerprint density at radius 3 is 0.917 bits per heavy atom. The molecule has 24 heavy (non-hydrogen) atoms. The van der Waals surface area contributed by atoms with E-state index in [0.29, 0.717) is 0 Å². The minimum absolute atomic E-state index is 0.142. The van der Waals surface area contributed by atoms with Gasteiger partial charge in [0.1, 0.15) is 0 Å². The second-order valence-corrected chi connectivity index (χ2v) is 5.30. The predicted octanol–water partition coefficient (Wildman–Crippen LogP) is 4.06. The van der Waals surface area contributed by atoms with Crippen molar-refractivity contribution in [3.05, 3.63) is 0 Å². The summed E-state index contributed by atoms with van der Waals surface area (Å²) in [5.41, 5.74) is 0. The molecule has 0 bridgehead atoms. The number of hydrogen-bond donors (Lipinski definition) is 6. The van der Waals surface area contributed by atoms with Gasteiger partial charge in [-0.3, -0.25) is 10.5 Å². The average molecular weight is 356 g/mol. The first-order valence-corrected chi connectivity index (χ1v) is 7.77. The van der Waals surface area contributed by atoms with Crippen LogP contribution in [0.1, 0.15) is 64.2 Å². The van der Waals surface area contributed by atoms with Crippen molar-refractivity contribution >= 4 is 12.3 Å². The van der Waals surface area contributed by atoms with E-state index in [-0.39, 0.29) is 12.2 Å². The molecular weight excluding hydrogens is 328 g/mol. The molecule has 0 radical (unpaired) electrons. The van der Waals surface area contributed by atoms with Gasteiger partial charge in [0, 0.05) is 0 Å². The normalized spacial score (nSPS) is 17.8. The fraction of sp³-hybridized carbons (Fsp3) is 0.857. The summed E-state index contributed by atoms with van der Waals surface area (Å²) in [6.07, 6.45) is 8.24. The molecule has 144 valence electrons. The van der Waals surface area contributed by atoms with Crippen molar-refractivity contribution in [2.24, 2.45) is 0 Å². The fourth-order valence-electron chi connectivity index (χ4n) is 2.34. The van der Waals surface area contributed by atoms with Crippen LogP contribution in [0.4, 0.5) is 9.59 Å². The highest BCUT2D eigenvalue weighted by molar-refractivity contribution is 5.53. The summed E-state index contributed by atoms with van der Waals surface area (Å²) < 4.78 is 0. The Kier molecular flexibility index (Phi) is 18.2. The number of hydrogen-bond acceptors (Lipinski definition) is 6. The second kappa shape index (κ2) is 17.7. The molecular formula is C14H28O10. The monoisotopic (exact) mass is 356 g/mol. The predicted molar refractivity (Wildman–Crippen MR) is 82.5 cm³/mol. The van der Waals surface area contributed by atoms with Crippen LogP contribution < -0.4 is 0 Å². The molecule has 0 aromatic heterocycles. The second-order valence-electron chi connectivity index (χ2n) is 5.30. The SMILES string of the molecule is O=C(O)O.O=C(O)O.OOC1CCCCC1.OOC1CCCCC1. The maximum Gasteiger partial charge on any atom is 0.503 e. The molecule has 2 aliphatic carbocycles. The summed E-state index contributed by atoms with van der Waals surface area (Å²) in [5.74, 6) is 0. The van der Waals surface area contributed by atoms with Crippen molar-refractivity contribution in [3.8, 4) is 0 Å². The first kappa shape index (κ1) is 24.6. The first-order valence-electron chi connectivity index (χ1n) is 7.77. The van der Waals surface area contributed by atoms with Gasteiger partial charge in [-0.1, -0.05) is 38.5 Å². The molecule has 0 aliphatic heterocycles. The highest BCUT2D eigenvalue weighted by Gasteiger charge is 2.13. The lowest BCUT2D eigenvalue weighted by Gasteiger charge is -2.17. The zero-order valence-corrected chi connectivity index (χ0v) is 13.5. The summed E-state index contributed by atoms with van der Waals surface area (Å²) in [6.45, 7) is 0. The van der Waals surface area contributed by atoms with Gasteiger partial charge in [0.05, 0.1) is 12.2 Å². The molecule has 0 spiro atoms. The van der Waals surface area contributed by atoms with Crippen LogP contribution in [0.3, 0.4) is 0 Å². The summed E-state index contributed by atoms with van der Waals surface area (Å²) in [7, 11) is 0. The third kappa shape index (κ3) is 22.7. The summed E-state index contributed by atoms with van der Waals surface area (Å²) in [4.78, 5) is 25.5. The van der Waals surface area contributed by atoms with Gasteiger partial charge >= 0.3 is 12.3 Å². The van der Waals surface area contributed by atoms with Crippen molar-refractivity contribution in [3.63, 3.8) is 0 Å². The zero-order valence-electron chi connectivity index (χ0n) is 13.5. The van der Waals surface area contributed by atoms with E-state index in [2.05, 4.69) is 9.78 Å². The van der Waals surface area contributed by atoms with E-state index in [0.717, 1.165) is 25.7 Å². The summed E-state index contributed by atoms with van der Waals surface area (Å²) in [5, 5.41) is 44.3. The van der Waals surface area contributed by atoms with E-state index in [1.807, 2.05) is 0 Å². The van der Waals surface area contributed by atoms with Crippen LogP contribution in [0.15, 0.2) is 0 Å². The van der Waals surface area contributed by atoms with Crippen molar-refractivity contribution in [1.82, 2.24) is 0 Å². The lowest BCUT2D eigenvalue weighted by molar-refractivity contribution is -0.283. The molecule has 0 atom stereocenters. The molecule has 0 saturated heterocycles. The standard InChI is InChI=1S/2C6H12O2.2CH2O3/c2*7-8-6-4-2-1-3-5-6;2*2-1(3)4/h2*6-7H,1-5H2;2*(H2,2,3,4). The van der Waals surface area contributed by atoms with Crippen molar-refractivity contribution in [1.29, 1.82) is 0 Å². The van der Waals surface area contributed by atoms with Crippen molar-refractivity contribution < 1.29 is 50.3 Å². The molecule has 10 heteroatoms. The van der Waals surface area contributed by atoms with Gasteiger partial charge in [-0.05, 0) is 25.7 Å². The number of carbonyl (C=O) groups is 2. The maximum absolute atomic E-state index is 8.56. The van der Waals surface area contributed by atoms with Crippen LogP contribution in [0.25, 0.3) is 0 Å². The first-order chi connectivity index (χ1) is 11.3. The van der Waals surface area contributed by atoms with E-state index < -0.39 is 12.3 Å². The van der Waals surface area contributed by atoms with E-state index in [1.54, 1.807) is 0 Å². The smallest absolute Gasteiger partial charge is 0.450 e. The Morgan fingerprint density at radius 1 is 0.583 bits per heavy atom. The quantitative estimate of drug-likeness (QED) is 0.312. The Labute approximate surface area is 140 Å². The molecule has 0 heterocycles. The van der Waals surface area contributed by atoms with Crippen LogP contribution in [0.2, 0.25) is 0 Å². The van der Waals surface area contributed by atoms with E-state index in [9.17, 15) is 0 Å². The molecule has 6 N–H and O–H groups in total. The van der Waals surface area contributed by atoms with Gasteiger partial charge < -0.3 is 20.4 Å². The third-order valence-electron chi connectivity index (χ3n) is 3.40. The van der Waals surface area contributed by atoms with Crippen molar-refractivity contribution in [2.75, 3.05) is 0 Å². The molecule has 0 aromatic rings. The van der Waals surface area contributed by atoms with Gasteiger partial charge in [0.25, 0.3) is 0 Å². The largest absolute Gasteiger partial charge is 0.503 e. The van der Waals surface area contributed by atoms with E-state index in [4.69, 9.17) is 40.5 Å². The van der Waals surface area contributed by atoms with Crippen LogP contribution in [-0.4, -0.2) is 55.5 Å². The molecule has 2 saturated carbocycles. The van der Waals surface area contributed by atoms with Gasteiger partial charge in [0.2, 0.25) is 0 Å². The Morgan fingerprint density at radius 2 is 0.792 bits per heavy atom. The Hall–Kier alpha value is -1.62. The van der Waals surface area contributed by atoms with Gasteiger partial charge in [-0.25, -0.2) is 19.4 Å². The van der Waals surface area contributed by atoms with Crippen LogP contribution in [0.5, 0.6) is 0 Å². The van der Waals surface area contributed by atoms with E-state index >= 15 is 0 Å². The number of rotatable bonds is 2. The summed E-state index contributed by atoms with van der Waals surface area (Å²) in [6, 6.07) is 0. The van der Waals surface area contributed by atoms with Gasteiger partial charge in [-0.15, -0.1) is 0 Å². The van der Waals surface area contributed by atoms with Crippen LogP contribution >= 0.6 is 0 Å². The van der Waals surface area contributed by atoms with Crippen LogP contribution in [0, 0.1) is 0 Å². The lowest BCUT2D eigenvalue weighted by atomic mass is 9.98. The molecule has 2 fully saturated rings. The summed E-state index contributed by atoms with van der Waals surface area (Å²) >= 11 is 0. The Bertz CT molecular complexity index is 260. The van der Waals surface area contributed by atoms with Crippen LogP contribution in [-0.2, 0) is 9.78 Å². The Balaban J connectivity index is 0. The highest BCUT2D eigenvalue weighted by Crippen LogP contribution is 2.19. The zero-order chi connectivity index (χ0) is 18.8. The fourth-order valence-corrected chi connectivity index (χ4v) is 2.34. The minimum Gasteiger partial charge on any atom is -0.450 e. The molecule has 0 unspecified atom stereocenters. The number of carboxylic acid groups (broad SMARTS) is 4.